The van der Waals surface area contributed by atoms with E-state index in [-0.39, 0.29) is 5.92 Å². The lowest BCUT2D eigenvalue weighted by Gasteiger charge is -2.32. The maximum atomic E-state index is 10.5. The summed E-state index contributed by atoms with van der Waals surface area (Å²) in [6.07, 6.45) is 3.55. The zero-order chi connectivity index (χ0) is 9.14. The van der Waals surface area contributed by atoms with Crippen LogP contribution in [-0.4, -0.2) is 31.0 Å². The van der Waals surface area contributed by atoms with Crippen molar-refractivity contribution in [3.8, 4) is 0 Å². The van der Waals surface area contributed by atoms with Crippen LogP contribution in [0, 0.1) is 5.92 Å². The molecule has 0 saturated heterocycles. The van der Waals surface area contributed by atoms with E-state index >= 15 is 0 Å². The van der Waals surface area contributed by atoms with Crippen LogP contribution in [0.3, 0.4) is 0 Å². The molecular formula is C9H16NO2-. The van der Waals surface area contributed by atoms with Gasteiger partial charge in [-0.2, -0.15) is 0 Å². The zero-order valence-electron chi connectivity index (χ0n) is 7.75. The fourth-order valence-corrected chi connectivity index (χ4v) is 1.83. The molecule has 0 aromatic rings. The second-order valence-corrected chi connectivity index (χ2v) is 3.79. The van der Waals surface area contributed by atoms with Crippen molar-refractivity contribution >= 4 is 5.97 Å². The third-order valence-electron chi connectivity index (χ3n) is 2.76. The predicted molar refractivity (Wildman–Crippen MR) is 44.4 cm³/mol. The topological polar surface area (TPSA) is 43.4 Å². The van der Waals surface area contributed by atoms with Crippen molar-refractivity contribution in [2.75, 3.05) is 14.1 Å². The molecule has 0 amide bonds. The highest BCUT2D eigenvalue weighted by Gasteiger charge is 2.22. The van der Waals surface area contributed by atoms with Crippen molar-refractivity contribution in [1.82, 2.24) is 4.90 Å². The molecule has 1 fully saturated rings. The second-order valence-electron chi connectivity index (χ2n) is 3.79. The molecule has 0 bridgehead atoms. The smallest absolute Gasteiger partial charge is 0.0445 e. The summed E-state index contributed by atoms with van der Waals surface area (Å²) in [6.45, 7) is 0. The van der Waals surface area contributed by atoms with Gasteiger partial charge in [0.25, 0.3) is 0 Å². The van der Waals surface area contributed by atoms with Gasteiger partial charge in [-0.15, -0.1) is 0 Å². The Labute approximate surface area is 73.4 Å². The lowest BCUT2D eigenvalue weighted by molar-refractivity contribution is -0.312. The minimum absolute atomic E-state index is 0.193. The summed E-state index contributed by atoms with van der Waals surface area (Å²) in [4.78, 5) is 12.7. The molecule has 0 unspecified atom stereocenters. The standard InChI is InChI=1S/C9H17NO2/c1-10(2)8-5-3-7(4-6-8)9(11)12/h7-8H,3-6H2,1-2H3,(H,11,12)/p-1. The Balaban J connectivity index is 2.34. The van der Waals surface area contributed by atoms with E-state index in [0.29, 0.717) is 6.04 Å². The van der Waals surface area contributed by atoms with Gasteiger partial charge in [0.1, 0.15) is 0 Å². The maximum Gasteiger partial charge on any atom is 0.0445 e. The van der Waals surface area contributed by atoms with Crippen LogP contribution in [0.4, 0.5) is 0 Å². The SMILES string of the molecule is CN(C)C1CCC(C(=O)[O-])CC1. The van der Waals surface area contributed by atoms with Crippen LogP contribution < -0.4 is 5.11 Å². The molecule has 0 heterocycles. The van der Waals surface area contributed by atoms with Crippen molar-refractivity contribution in [3.63, 3.8) is 0 Å². The first-order valence-corrected chi connectivity index (χ1v) is 4.48. The maximum absolute atomic E-state index is 10.5. The van der Waals surface area contributed by atoms with E-state index in [0.717, 1.165) is 25.7 Å². The van der Waals surface area contributed by atoms with Crippen LogP contribution in [0.2, 0.25) is 0 Å². The van der Waals surface area contributed by atoms with Gasteiger partial charge in [-0.25, -0.2) is 0 Å². The molecule has 0 N–H and O–H groups in total. The number of carbonyl (C=O) groups excluding carboxylic acids is 1. The molecule has 3 nitrogen and oxygen atoms in total. The Morgan fingerprint density at radius 2 is 1.75 bits per heavy atom. The van der Waals surface area contributed by atoms with Gasteiger partial charge in [0.2, 0.25) is 0 Å². The number of hydrogen-bond acceptors (Lipinski definition) is 3. The van der Waals surface area contributed by atoms with Gasteiger partial charge in [0.05, 0.1) is 0 Å². The Kier molecular flexibility index (Phi) is 3.09. The minimum atomic E-state index is -0.868. The number of carboxylic acids is 1. The predicted octanol–water partition coefficient (Wildman–Crippen LogP) is -0.143. The van der Waals surface area contributed by atoms with Crippen LogP contribution in [-0.2, 0) is 4.79 Å². The summed E-state index contributed by atoms with van der Waals surface area (Å²) in [6, 6.07) is 0.570. The van der Waals surface area contributed by atoms with Crippen LogP contribution in [0.25, 0.3) is 0 Å². The molecule has 1 rings (SSSR count). The molecule has 0 aromatic carbocycles. The van der Waals surface area contributed by atoms with Crippen LogP contribution >= 0.6 is 0 Å². The molecule has 1 aliphatic rings. The van der Waals surface area contributed by atoms with Crippen molar-refractivity contribution in [2.24, 2.45) is 5.92 Å². The van der Waals surface area contributed by atoms with Crippen LogP contribution in [0.15, 0.2) is 0 Å². The highest BCUT2D eigenvalue weighted by atomic mass is 16.4. The molecular weight excluding hydrogens is 154 g/mol. The Bertz CT molecular complexity index is 160. The molecule has 12 heavy (non-hydrogen) atoms. The molecule has 3 heteroatoms. The summed E-state index contributed by atoms with van der Waals surface area (Å²) >= 11 is 0. The molecule has 1 aliphatic carbocycles. The van der Waals surface area contributed by atoms with Gasteiger partial charge >= 0.3 is 0 Å². The second kappa shape index (κ2) is 3.90. The summed E-state index contributed by atoms with van der Waals surface area (Å²) in [5, 5.41) is 10.5. The first kappa shape index (κ1) is 9.52. The summed E-state index contributed by atoms with van der Waals surface area (Å²) in [5.41, 5.74) is 0. The summed E-state index contributed by atoms with van der Waals surface area (Å²) in [5.74, 6) is -1.06. The first-order valence-electron chi connectivity index (χ1n) is 4.48. The van der Waals surface area contributed by atoms with Crippen molar-refractivity contribution in [2.45, 2.75) is 31.7 Å². The van der Waals surface area contributed by atoms with E-state index in [1.54, 1.807) is 0 Å². The number of rotatable bonds is 2. The summed E-state index contributed by atoms with van der Waals surface area (Å²) in [7, 11) is 4.09. The van der Waals surface area contributed by atoms with Gasteiger partial charge in [0.15, 0.2) is 0 Å². The van der Waals surface area contributed by atoms with Gasteiger partial charge in [-0.3, -0.25) is 0 Å². The van der Waals surface area contributed by atoms with E-state index in [9.17, 15) is 9.90 Å². The summed E-state index contributed by atoms with van der Waals surface area (Å²) < 4.78 is 0. The molecule has 0 aromatic heterocycles. The molecule has 1 saturated carbocycles. The number of nitrogens with zero attached hydrogens (tertiary/aromatic N) is 1. The van der Waals surface area contributed by atoms with Gasteiger partial charge in [0, 0.05) is 12.0 Å². The van der Waals surface area contributed by atoms with Crippen molar-refractivity contribution < 1.29 is 9.90 Å². The quantitative estimate of drug-likeness (QED) is 0.579. The lowest BCUT2D eigenvalue weighted by atomic mass is 9.86. The fourth-order valence-electron chi connectivity index (χ4n) is 1.83. The molecule has 0 radical (unpaired) electrons. The first-order chi connectivity index (χ1) is 5.61. The normalized spacial score (nSPS) is 30.6. The number of hydrogen-bond donors (Lipinski definition) is 0. The van der Waals surface area contributed by atoms with E-state index in [1.807, 2.05) is 14.1 Å². The molecule has 70 valence electrons. The molecule has 0 atom stereocenters. The number of aliphatic carboxylic acids is 1. The number of carboxylic acid groups (broad SMARTS) is 1. The fraction of sp³-hybridized carbons (Fsp3) is 0.889. The van der Waals surface area contributed by atoms with Gasteiger partial charge in [-0.05, 0) is 45.7 Å². The minimum Gasteiger partial charge on any atom is -0.550 e. The highest BCUT2D eigenvalue weighted by Crippen LogP contribution is 2.25. The van der Waals surface area contributed by atoms with Gasteiger partial charge < -0.3 is 14.8 Å². The van der Waals surface area contributed by atoms with E-state index in [4.69, 9.17) is 0 Å². The zero-order valence-corrected chi connectivity index (χ0v) is 7.75. The third-order valence-corrected chi connectivity index (χ3v) is 2.76. The third kappa shape index (κ3) is 2.21. The van der Waals surface area contributed by atoms with Crippen LogP contribution in [0.5, 0.6) is 0 Å². The van der Waals surface area contributed by atoms with Crippen molar-refractivity contribution in [1.29, 1.82) is 0 Å². The van der Waals surface area contributed by atoms with Crippen LogP contribution in [0.1, 0.15) is 25.7 Å². The monoisotopic (exact) mass is 170 g/mol. The average Bonchev–Trinajstić information content (AvgIpc) is 2.04. The van der Waals surface area contributed by atoms with E-state index < -0.39 is 5.97 Å². The Hall–Kier alpha value is -0.570. The highest BCUT2D eigenvalue weighted by molar-refractivity contribution is 5.67. The number of carbonyl (C=O) groups is 1. The Morgan fingerprint density at radius 3 is 2.08 bits per heavy atom. The molecule has 0 aliphatic heterocycles. The lowest BCUT2D eigenvalue weighted by Crippen LogP contribution is -2.38. The van der Waals surface area contributed by atoms with E-state index in [1.165, 1.54) is 0 Å². The largest absolute Gasteiger partial charge is 0.550 e. The average molecular weight is 170 g/mol. The van der Waals surface area contributed by atoms with E-state index in [2.05, 4.69) is 4.90 Å². The molecule has 0 spiro atoms. The Morgan fingerprint density at radius 1 is 1.25 bits per heavy atom. The van der Waals surface area contributed by atoms with Crippen molar-refractivity contribution in [3.05, 3.63) is 0 Å². The van der Waals surface area contributed by atoms with Gasteiger partial charge in [-0.1, -0.05) is 0 Å².